The van der Waals surface area contributed by atoms with Gasteiger partial charge >= 0.3 is 0 Å². The lowest BCUT2D eigenvalue weighted by Gasteiger charge is -2.29. The third-order valence-corrected chi connectivity index (χ3v) is 5.74. The van der Waals surface area contributed by atoms with Crippen molar-refractivity contribution in [2.24, 2.45) is 0 Å². The fourth-order valence-electron chi connectivity index (χ4n) is 4.16. The van der Waals surface area contributed by atoms with E-state index in [0.717, 1.165) is 43.2 Å². The molecular formula is C20H23Cl3N2O. The highest BCUT2D eigenvalue weighted by molar-refractivity contribution is 6.35. The van der Waals surface area contributed by atoms with Crippen molar-refractivity contribution < 1.29 is 4.74 Å². The van der Waals surface area contributed by atoms with Crippen LogP contribution >= 0.6 is 35.6 Å². The third-order valence-electron chi connectivity index (χ3n) is 5.21. The van der Waals surface area contributed by atoms with Gasteiger partial charge < -0.3 is 15.0 Å². The molecule has 2 atom stereocenters. The van der Waals surface area contributed by atoms with Crippen molar-refractivity contribution in [3.05, 3.63) is 58.1 Å². The van der Waals surface area contributed by atoms with E-state index in [1.165, 1.54) is 11.3 Å². The highest BCUT2D eigenvalue weighted by Gasteiger charge is 2.40. The van der Waals surface area contributed by atoms with Crippen molar-refractivity contribution in [1.82, 2.24) is 5.32 Å². The Balaban J connectivity index is 0.00000196. The summed E-state index contributed by atoms with van der Waals surface area (Å²) < 4.78 is 5.93. The van der Waals surface area contributed by atoms with E-state index in [-0.39, 0.29) is 12.4 Å². The van der Waals surface area contributed by atoms with Crippen LogP contribution in [0.3, 0.4) is 0 Å². The standard InChI is InChI=1S/C20H22Cl2N2O.ClH/c21-14-12-17(22)20-16-6-8-23-9-7-18(16)24(19(20)13-14)10-11-25-15-4-2-1-3-5-15;/h1-5,12-13,16,18,23H,6-11H2;1H/t16-,18+;/m1./s1. The second-order valence-corrected chi connectivity index (χ2v) is 7.52. The van der Waals surface area contributed by atoms with Gasteiger partial charge in [-0.1, -0.05) is 41.4 Å². The van der Waals surface area contributed by atoms with Crippen LogP contribution in [0.15, 0.2) is 42.5 Å². The molecule has 0 bridgehead atoms. The molecule has 0 amide bonds. The Morgan fingerprint density at radius 3 is 2.65 bits per heavy atom. The summed E-state index contributed by atoms with van der Waals surface area (Å²) in [6, 6.07) is 14.4. The summed E-state index contributed by atoms with van der Waals surface area (Å²) in [5.41, 5.74) is 2.45. The second kappa shape index (κ2) is 8.71. The highest BCUT2D eigenvalue weighted by atomic mass is 35.5. The van der Waals surface area contributed by atoms with Gasteiger partial charge in [-0.15, -0.1) is 12.4 Å². The van der Waals surface area contributed by atoms with Gasteiger partial charge in [0, 0.05) is 27.7 Å². The van der Waals surface area contributed by atoms with Crippen LogP contribution in [-0.4, -0.2) is 32.3 Å². The van der Waals surface area contributed by atoms with Crippen LogP contribution in [0.2, 0.25) is 10.0 Å². The van der Waals surface area contributed by atoms with Gasteiger partial charge in [0.1, 0.15) is 12.4 Å². The molecule has 4 rings (SSSR count). The molecule has 0 radical (unpaired) electrons. The first-order chi connectivity index (χ1) is 12.2. The Morgan fingerprint density at radius 1 is 1.08 bits per heavy atom. The van der Waals surface area contributed by atoms with Crippen LogP contribution in [-0.2, 0) is 0 Å². The summed E-state index contributed by atoms with van der Waals surface area (Å²) in [6.45, 7) is 3.55. The van der Waals surface area contributed by atoms with Gasteiger partial charge in [0.15, 0.2) is 0 Å². The van der Waals surface area contributed by atoms with Gasteiger partial charge in [-0.3, -0.25) is 0 Å². The van der Waals surface area contributed by atoms with Gasteiger partial charge in [0.2, 0.25) is 0 Å². The van der Waals surface area contributed by atoms with Gasteiger partial charge in [-0.25, -0.2) is 0 Å². The van der Waals surface area contributed by atoms with Crippen LogP contribution in [0.25, 0.3) is 0 Å². The van der Waals surface area contributed by atoms with E-state index in [2.05, 4.69) is 16.3 Å². The van der Waals surface area contributed by atoms with E-state index in [4.69, 9.17) is 27.9 Å². The number of ether oxygens (including phenoxy) is 1. The summed E-state index contributed by atoms with van der Waals surface area (Å²) in [5, 5.41) is 5.01. The largest absolute Gasteiger partial charge is 0.492 e. The number of rotatable bonds is 4. The number of hydrogen-bond acceptors (Lipinski definition) is 3. The molecule has 2 heterocycles. The van der Waals surface area contributed by atoms with Gasteiger partial charge in [0.25, 0.3) is 0 Å². The average molecular weight is 414 g/mol. The van der Waals surface area contributed by atoms with E-state index >= 15 is 0 Å². The summed E-state index contributed by atoms with van der Waals surface area (Å²) >= 11 is 12.9. The number of nitrogens with zero attached hydrogens (tertiary/aromatic N) is 1. The predicted octanol–water partition coefficient (Wildman–Crippen LogP) is 5.15. The number of benzene rings is 2. The zero-order valence-corrected chi connectivity index (χ0v) is 16.8. The fourth-order valence-corrected chi connectivity index (χ4v) is 4.78. The quantitative estimate of drug-likeness (QED) is 0.750. The van der Waals surface area contributed by atoms with Crippen molar-refractivity contribution in [3.63, 3.8) is 0 Å². The molecular weight excluding hydrogens is 391 g/mol. The van der Waals surface area contributed by atoms with Crippen LogP contribution in [0, 0.1) is 0 Å². The lowest BCUT2D eigenvalue weighted by Crippen LogP contribution is -2.37. The van der Waals surface area contributed by atoms with Crippen molar-refractivity contribution in [1.29, 1.82) is 0 Å². The molecule has 2 aromatic rings. The Bertz CT molecular complexity index is 741. The lowest BCUT2D eigenvalue weighted by molar-refractivity contribution is 0.317. The fraction of sp³-hybridized carbons (Fsp3) is 0.400. The summed E-state index contributed by atoms with van der Waals surface area (Å²) in [5.74, 6) is 1.37. The van der Waals surface area contributed by atoms with Crippen LogP contribution in [0.1, 0.15) is 24.3 Å². The summed E-state index contributed by atoms with van der Waals surface area (Å²) in [7, 11) is 0. The Morgan fingerprint density at radius 2 is 1.85 bits per heavy atom. The molecule has 2 aliphatic rings. The molecule has 0 aliphatic carbocycles. The number of anilines is 1. The van der Waals surface area contributed by atoms with Crippen molar-refractivity contribution in [3.8, 4) is 5.75 Å². The number of nitrogens with one attached hydrogen (secondary N) is 1. The van der Waals surface area contributed by atoms with E-state index in [1.54, 1.807) is 0 Å². The maximum absolute atomic E-state index is 6.58. The molecule has 1 fully saturated rings. The lowest BCUT2D eigenvalue weighted by atomic mass is 9.91. The van der Waals surface area contributed by atoms with E-state index in [1.807, 2.05) is 36.4 Å². The monoisotopic (exact) mass is 412 g/mol. The minimum atomic E-state index is 0. The zero-order valence-electron chi connectivity index (χ0n) is 14.5. The van der Waals surface area contributed by atoms with Crippen molar-refractivity contribution in [2.45, 2.75) is 24.8 Å². The first kappa shape index (κ1) is 19.6. The van der Waals surface area contributed by atoms with Gasteiger partial charge in [-0.05, 0) is 55.8 Å². The van der Waals surface area contributed by atoms with Crippen LogP contribution < -0.4 is 15.0 Å². The topological polar surface area (TPSA) is 24.5 Å². The number of para-hydroxylation sites is 1. The molecule has 0 spiro atoms. The number of halogens is 3. The SMILES string of the molecule is Cl.Clc1cc(Cl)c2c(c1)N(CCOc1ccccc1)[C@H]1CCNCC[C@@H]21. The Kier molecular flexibility index (Phi) is 6.57. The Labute approximate surface area is 171 Å². The molecule has 26 heavy (non-hydrogen) atoms. The molecule has 1 N–H and O–H groups in total. The second-order valence-electron chi connectivity index (χ2n) is 6.68. The van der Waals surface area contributed by atoms with Gasteiger partial charge in [0.05, 0.1) is 6.54 Å². The average Bonchev–Trinajstić information content (AvgIpc) is 2.75. The van der Waals surface area contributed by atoms with Gasteiger partial charge in [-0.2, -0.15) is 0 Å². The minimum Gasteiger partial charge on any atom is -0.492 e. The summed E-state index contributed by atoms with van der Waals surface area (Å²) in [4.78, 5) is 2.45. The number of hydrogen-bond donors (Lipinski definition) is 1. The molecule has 1 saturated heterocycles. The smallest absolute Gasteiger partial charge is 0.119 e. The van der Waals surface area contributed by atoms with Crippen LogP contribution in [0.5, 0.6) is 5.75 Å². The minimum absolute atomic E-state index is 0. The number of fused-ring (bicyclic) bond motifs is 3. The molecule has 3 nitrogen and oxygen atoms in total. The first-order valence-electron chi connectivity index (χ1n) is 8.88. The maximum Gasteiger partial charge on any atom is 0.119 e. The zero-order chi connectivity index (χ0) is 17.2. The molecule has 2 aliphatic heterocycles. The van der Waals surface area contributed by atoms with E-state index in [9.17, 15) is 0 Å². The van der Waals surface area contributed by atoms with Crippen LogP contribution in [0.4, 0.5) is 5.69 Å². The first-order valence-corrected chi connectivity index (χ1v) is 9.64. The maximum atomic E-state index is 6.58. The van der Waals surface area contributed by atoms with E-state index < -0.39 is 0 Å². The summed E-state index contributed by atoms with van der Waals surface area (Å²) in [6.07, 6.45) is 2.22. The predicted molar refractivity (Wildman–Crippen MR) is 112 cm³/mol. The van der Waals surface area contributed by atoms with E-state index in [0.29, 0.717) is 23.6 Å². The molecule has 0 saturated carbocycles. The molecule has 0 aromatic heterocycles. The molecule has 0 unspecified atom stereocenters. The normalized spacial score (nSPS) is 21.4. The highest BCUT2D eigenvalue weighted by Crippen LogP contribution is 2.48. The third kappa shape index (κ3) is 3.91. The molecule has 140 valence electrons. The molecule has 6 heteroatoms. The Hall–Kier alpha value is -1.13. The van der Waals surface area contributed by atoms with Crippen molar-refractivity contribution >= 4 is 41.3 Å². The molecule has 2 aromatic carbocycles. The van der Waals surface area contributed by atoms with Crippen molar-refractivity contribution in [2.75, 3.05) is 31.1 Å².